The Labute approximate surface area is 125 Å². The SMILES string of the molecule is O=S(=O)(NCC(O)C1CC1)c1ccc(OC(F)F)c(Cl)c1. The maximum Gasteiger partial charge on any atom is 0.387 e. The average Bonchev–Trinajstić information content (AvgIpc) is 3.22. The molecule has 1 aliphatic carbocycles. The third-order valence-corrected chi connectivity index (χ3v) is 4.79. The number of aliphatic hydroxyl groups is 1. The Kier molecular flexibility index (Phi) is 5.03. The zero-order chi connectivity index (χ0) is 15.6. The Hall–Kier alpha value is -0.960. The van der Waals surface area contributed by atoms with Crippen molar-refractivity contribution in [3.63, 3.8) is 0 Å². The second-order valence-electron chi connectivity index (χ2n) is 4.73. The van der Waals surface area contributed by atoms with Crippen molar-refractivity contribution in [2.75, 3.05) is 6.54 Å². The Bertz CT molecular complexity index is 607. The van der Waals surface area contributed by atoms with Gasteiger partial charge in [0.25, 0.3) is 0 Å². The summed E-state index contributed by atoms with van der Waals surface area (Å²) in [5.74, 6) is -0.165. The van der Waals surface area contributed by atoms with Crippen LogP contribution in [0.3, 0.4) is 0 Å². The highest BCUT2D eigenvalue weighted by molar-refractivity contribution is 7.89. The van der Waals surface area contributed by atoms with Crippen molar-refractivity contribution in [3.05, 3.63) is 23.2 Å². The Morgan fingerprint density at radius 2 is 2.10 bits per heavy atom. The van der Waals surface area contributed by atoms with Crippen molar-refractivity contribution >= 4 is 21.6 Å². The number of halogens is 3. The first-order valence-corrected chi connectivity index (χ1v) is 8.08. The van der Waals surface area contributed by atoms with E-state index in [1.807, 2.05) is 0 Å². The van der Waals surface area contributed by atoms with Crippen LogP contribution in [0.15, 0.2) is 23.1 Å². The first-order chi connectivity index (χ1) is 9.79. The van der Waals surface area contributed by atoms with Gasteiger partial charge in [0, 0.05) is 6.54 Å². The van der Waals surface area contributed by atoms with Crippen LogP contribution in [0.2, 0.25) is 5.02 Å². The highest BCUT2D eigenvalue weighted by Gasteiger charge is 2.30. The third-order valence-electron chi connectivity index (χ3n) is 3.08. The summed E-state index contributed by atoms with van der Waals surface area (Å²) in [4.78, 5) is -0.183. The van der Waals surface area contributed by atoms with Crippen LogP contribution in [0.25, 0.3) is 0 Å². The van der Waals surface area contributed by atoms with Crippen LogP contribution in [0.5, 0.6) is 5.75 Å². The molecule has 0 saturated heterocycles. The van der Waals surface area contributed by atoms with E-state index >= 15 is 0 Å². The first-order valence-electron chi connectivity index (χ1n) is 6.21. The molecule has 1 unspecified atom stereocenters. The fourth-order valence-electron chi connectivity index (χ4n) is 1.77. The highest BCUT2D eigenvalue weighted by atomic mass is 35.5. The minimum Gasteiger partial charge on any atom is -0.433 e. The Balaban J connectivity index is 2.06. The van der Waals surface area contributed by atoms with E-state index in [1.54, 1.807) is 0 Å². The van der Waals surface area contributed by atoms with Crippen LogP contribution in [-0.4, -0.2) is 32.8 Å². The molecule has 1 aliphatic rings. The molecule has 0 aromatic heterocycles. The van der Waals surface area contributed by atoms with Crippen molar-refractivity contribution in [2.24, 2.45) is 5.92 Å². The summed E-state index contributed by atoms with van der Waals surface area (Å²) in [5.41, 5.74) is 0. The summed E-state index contributed by atoms with van der Waals surface area (Å²) in [5, 5.41) is 9.41. The second kappa shape index (κ2) is 6.43. The van der Waals surface area contributed by atoms with Crippen LogP contribution in [0, 0.1) is 5.92 Å². The van der Waals surface area contributed by atoms with E-state index in [2.05, 4.69) is 9.46 Å². The van der Waals surface area contributed by atoms with E-state index in [9.17, 15) is 22.3 Å². The predicted molar refractivity (Wildman–Crippen MR) is 72.0 cm³/mol. The maximum atomic E-state index is 12.1. The molecule has 2 rings (SSSR count). The lowest BCUT2D eigenvalue weighted by molar-refractivity contribution is -0.0498. The quantitative estimate of drug-likeness (QED) is 0.795. The molecule has 0 bridgehead atoms. The Morgan fingerprint density at radius 3 is 2.62 bits per heavy atom. The third kappa shape index (κ3) is 4.50. The van der Waals surface area contributed by atoms with Gasteiger partial charge in [-0.05, 0) is 37.0 Å². The molecule has 5 nitrogen and oxygen atoms in total. The first kappa shape index (κ1) is 16.4. The van der Waals surface area contributed by atoms with Gasteiger partial charge < -0.3 is 9.84 Å². The Morgan fingerprint density at radius 1 is 1.43 bits per heavy atom. The molecule has 0 spiro atoms. The van der Waals surface area contributed by atoms with Gasteiger partial charge in [-0.3, -0.25) is 0 Å². The van der Waals surface area contributed by atoms with E-state index in [0.717, 1.165) is 31.0 Å². The number of hydrogen-bond acceptors (Lipinski definition) is 4. The fourth-order valence-corrected chi connectivity index (χ4v) is 3.13. The number of alkyl halides is 2. The van der Waals surface area contributed by atoms with E-state index in [4.69, 9.17) is 11.6 Å². The van der Waals surface area contributed by atoms with Crippen molar-refractivity contribution < 1.29 is 27.0 Å². The molecule has 1 aromatic rings. The van der Waals surface area contributed by atoms with Crippen molar-refractivity contribution in [3.8, 4) is 5.75 Å². The summed E-state index contributed by atoms with van der Waals surface area (Å²) >= 11 is 5.70. The van der Waals surface area contributed by atoms with E-state index in [1.165, 1.54) is 0 Å². The van der Waals surface area contributed by atoms with E-state index in [0.29, 0.717) is 0 Å². The maximum absolute atomic E-state index is 12.1. The second-order valence-corrected chi connectivity index (χ2v) is 6.90. The van der Waals surface area contributed by atoms with E-state index in [-0.39, 0.29) is 28.1 Å². The topological polar surface area (TPSA) is 75.6 Å². The molecule has 1 saturated carbocycles. The number of rotatable bonds is 7. The summed E-state index contributed by atoms with van der Waals surface area (Å²) in [6.07, 6.45) is 1.04. The molecule has 9 heteroatoms. The summed E-state index contributed by atoms with van der Waals surface area (Å²) in [6.45, 7) is -3.14. The fraction of sp³-hybridized carbons (Fsp3) is 0.500. The molecule has 0 amide bonds. The number of sulfonamides is 1. The number of ether oxygens (including phenoxy) is 1. The van der Waals surface area contributed by atoms with Gasteiger partial charge in [0.05, 0.1) is 16.0 Å². The van der Waals surface area contributed by atoms with Gasteiger partial charge in [-0.15, -0.1) is 0 Å². The molecule has 1 fully saturated rings. The van der Waals surface area contributed by atoms with Crippen LogP contribution in [0.1, 0.15) is 12.8 Å². The van der Waals surface area contributed by atoms with Gasteiger partial charge in [0.1, 0.15) is 5.75 Å². The lowest BCUT2D eigenvalue weighted by Gasteiger charge is -2.12. The smallest absolute Gasteiger partial charge is 0.387 e. The highest BCUT2D eigenvalue weighted by Crippen LogP contribution is 2.32. The molecular weight excluding hydrogens is 328 g/mol. The van der Waals surface area contributed by atoms with Crippen LogP contribution < -0.4 is 9.46 Å². The number of nitrogens with one attached hydrogen (secondary N) is 1. The number of benzene rings is 1. The summed E-state index contributed by atoms with van der Waals surface area (Å²) < 4.78 is 54.6. The van der Waals surface area contributed by atoms with Crippen molar-refractivity contribution in [2.45, 2.75) is 30.5 Å². The van der Waals surface area contributed by atoms with Crippen LogP contribution in [0.4, 0.5) is 8.78 Å². The lowest BCUT2D eigenvalue weighted by atomic mass is 10.2. The van der Waals surface area contributed by atoms with Gasteiger partial charge in [-0.1, -0.05) is 11.6 Å². The van der Waals surface area contributed by atoms with Crippen molar-refractivity contribution in [1.29, 1.82) is 0 Å². The van der Waals surface area contributed by atoms with Gasteiger partial charge >= 0.3 is 6.61 Å². The molecule has 118 valence electrons. The molecule has 21 heavy (non-hydrogen) atoms. The molecule has 0 aliphatic heterocycles. The largest absolute Gasteiger partial charge is 0.433 e. The lowest BCUT2D eigenvalue weighted by Crippen LogP contribution is -2.33. The van der Waals surface area contributed by atoms with Crippen LogP contribution in [-0.2, 0) is 10.0 Å². The van der Waals surface area contributed by atoms with Gasteiger partial charge in [0.2, 0.25) is 10.0 Å². The number of hydrogen-bond donors (Lipinski definition) is 2. The zero-order valence-electron chi connectivity index (χ0n) is 10.8. The normalized spacial score (nSPS) is 17.0. The molecular formula is C12H14ClF2NO4S. The van der Waals surface area contributed by atoms with Crippen molar-refractivity contribution in [1.82, 2.24) is 4.72 Å². The molecule has 2 N–H and O–H groups in total. The minimum atomic E-state index is -3.87. The summed E-state index contributed by atoms with van der Waals surface area (Å²) in [7, 11) is -3.87. The van der Waals surface area contributed by atoms with Crippen LogP contribution >= 0.6 is 11.6 Å². The van der Waals surface area contributed by atoms with Gasteiger partial charge in [0.15, 0.2) is 0 Å². The predicted octanol–water partition coefficient (Wildman–Crippen LogP) is 1.99. The molecule has 0 radical (unpaired) electrons. The minimum absolute atomic E-state index is 0.0973. The molecule has 0 heterocycles. The standard InChI is InChI=1S/C12H14ClF2NO4S/c13-9-5-8(3-4-11(9)20-12(14)15)21(18,19)16-6-10(17)7-1-2-7/h3-5,7,10,12,16-17H,1-2,6H2. The van der Waals surface area contributed by atoms with Gasteiger partial charge in [-0.2, -0.15) is 8.78 Å². The summed E-state index contributed by atoms with van der Waals surface area (Å²) in [6, 6.07) is 3.18. The average molecular weight is 342 g/mol. The zero-order valence-corrected chi connectivity index (χ0v) is 12.4. The molecule has 1 atom stereocenters. The van der Waals surface area contributed by atoms with Gasteiger partial charge in [-0.25, -0.2) is 13.1 Å². The molecule has 1 aromatic carbocycles. The number of aliphatic hydroxyl groups excluding tert-OH is 1. The van der Waals surface area contributed by atoms with E-state index < -0.39 is 22.7 Å². The monoisotopic (exact) mass is 341 g/mol.